The van der Waals surface area contributed by atoms with Crippen molar-refractivity contribution in [2.24, 2.45) is 0 Å². The van der Waals surface area contributed by atoms with Crippen LogP contribution in [-0.2, 0) is 6.42 Å². The molecule has 7 nitrogen and oxygen atoms in total. The van der Waals surface area contributed by atoms with E-state index in [1.54, 1.807) is 19.5 Å². The van der Waals surface area contributed by atoms with Crippen LogP contribution in [0.15, 0.2) is 36.7 Å². The molecule has 0 bridgehead atoms. The van der Waals surface area contributed by atoms with Gasteiger partial charge in [0.05, 0.1) is 12.7 Å². The predicted molar refractivity (Wildman–Crippen MR) is 101 cm³/mol. The molecular formula is C19H25N5O2. The van der Waals surface area contributed by atoms with E-state index < -0.39 is 0 Å². The zero-order valence-corrected chi connectivity index (χ0v) is 15.3. The third kappa shape index (κ3) is 4.70. The van der Waals surface area contributed by atoms with Gasteiger partial charge in [-0.05, 0) is 31.2 Å². The number of ether oxygens (including phenoxy) is 1. The summed E-state index contributed by atoms with van der Waals surface area (Å²) < 4.78 is 5.15. The average Bonchev–Trinajstić information content (AvgIpc) is 2.69. The van der Waals surface area contributed by atoms with E-state index in [-0.39, 0.29) is 5.91 Å². The quantitative estimate of drug-likeness (QED) is 0.847. The fourth-order valence-corrected chi connectivity index (χ4v) is 2.83. The summed E-state index contributed by atoms with van der Waals surface area (Å²) >= 11 is 0. The highest BCUT2D eigenvalue weighted by atomic mass is 16.5. The lowest BCUT2D eigenvalue weighted by molar-refractivity contribution is 0.0663. The summed E-state index contributed by atoms with van der Waals surface area (Å²) in [5.74, 6) is 1.39. The number of carbonyl (C=O) groups excluding carboxylic acids is 1. The fraction of sp³-hybridized carbons (Fsp3) is 0.421. The number of hydrogen-bond donors (Lipinski definition) is 1. The number of piperazine rings is 1. The molecule has 7 heteroatoms. The number of likely N-dealkylation sites (N-methyl/N-ethyl adjacent to an activating group) is 1. The number of rotatable bonds is 6. The molecule has 26 heavy (non-hydrogen) atoms. The number of nitrogens with one attached hydrogen (secondary N) is 1. The Hall–Kier alpha value is -2.67. The first-order chi connectivity index (χ1) is 12.7. The maximum atomic E-state index is 12.5. The molecule has 0 saturated carbocycles. The monoisotopic (exact) mass is 355 g/mol. The normalized spacial score (nSPS) is 14.9. The molecule has 1 aliphatic rings. The highest BCUT2D eigenvalue weighted by molar-refractivity contribution is 5.93. The summed E-state index contributed by atoms with van der Waals surface area (Å²) in [5, 5.41) is 3.19. The largest absolute Gasteiger partial charge is 0.497 e. The summed E-state index contributed by atoms with van der Waals surface area (Å²) in [6, 6.07) is 7.98. The molecule has 2 aromatic rings. The van der Waals surface area contributed by atoms with Crippen molar-refractivity contribution in [2.75, 3.05) is 52.2 Å². The van der Waals surface area contributed by atoms with Gasteiger partial charge in [-0.1, -0.05) is 12.1 Å². The lowest BCUT2D eigenvalue weighted by Gasteiger charge is -2.32. The molecule has 1 N–H and O–H groups in total. The van der Waals surface area contributed by atoms with Gasteiger partial charge in [0.2, 0.25) is 5.95 Å². The minimum Gasteiger partial charge on any atom is -0.497 e. The molecule has 0 aliphatic carbocycles. The van der Waals surface area contributed by atoms with Crippen molar-refractivity contribution in [1.82, 2.24) is 19.8 Å². The number of methoxy groups -OCH3 is 1. The Morgan fingerprint density at radius 3 is 2.38 bits per heavy atom. The van der Waals surface area contributed by atoms with E-state index in [0.717, 1.165) is 44.9 Å². The van der Waals surface area contributed by atoms with Crippen molar-refractivity contribution in [3.05, 3.63) is 47.8 Å². The van der Waals surface area contributed by atoms with Crippen molar-refractivity contribution in [1.29, 1.82) is 0 Å². The molecule has 1 amide bonds. The number of anilines is 1. The van der Waals surface area contributed by atoms with Crippen LogP contribution >= 0.6 is 0 Å². The van der Waals surface area contributed by atoms with Crippen LogP contribution < -0.4 is 10.1 Å². The molecule has 1 fully saturated rings. The third-order valence-corrected chi connectivity index (χ3v) is 4.55. The van der Waals surface area contributed by atoms with Crippen LogP contribution in [0.5, 0.6) is 5.75 Å². The topological polar surface area (TPSA) is 70.6 Å². The van der Waals surface area contributed by atoms with Crippen LogP contribution in [0.1, 0.15) is 15.9 Å². The second-order valence-corrected chi connectivity index (χ2v) is 6.42. The lowest BCUT2D eigenvalue weighted by atomic mass is 10.1. The predicted octanol–water partition coefficient (Wildman–Crippen LogP) is 1.53. The molecular weight excluding hydrogens is 330 g/mol. The summed E-state index contributed by atoms with van der Waals surface area (Å²) in [6.07, 6.45) is 4.06. The average molecular weight is 355 g/mol. The number of nitrogens with zero attached hydrogens (tertiary/aromatic N) is 4. The summed E-state index contributed by atoms with van der Waals surface area (Å²) in [5.41, 5.74) is 1.75. The maximum Gasteiger partial charge on any atom is 0.257 e. The zero-order valence-electron chi connectivity index (χ0n) is 15.3. The van der Waals surface area contributed by atoms with Crippen LogP contribution in [0, 0.1) is 0 Å². The molecule has 1 aromatic carbocycles. The number of benzene rings is 1. The summed E-state index contributed by atoms with van der Waals surface area (Å²) in [4.78, 5) is 25.1. The van der Waals surface area contributed by atoms with Gasteiger partial charge in [-0.25, -0.2) is 9.97 Å². The minimum atomic E-state index is 0.00267. The van der Waals surface area contributed by atoms with E-state index >= 15 is 0 Å². The van der Waals surface area contributed by atoms with Crippen molar-refractivity contribution in [3.8, 4) is 5.75 Å². The Morgan fingerprint density at radius 1 is 1.12 bits per heavy atom. The second-order valence-electron chi connectivity index (χ2n) is 6.42. The Morgan fingerprint density at radius 2 is 1.77 bits per heavy atom. The fourth-order valence-electron chi connectivity index (χ4n) is 2.83. The van der Waals surface area contributed by atoms with Gasteiger partial charge >= 0.3 is 0 Å². The van der Waals surface area contributed by atoms with Crippen LogP contribution in [0.3, 0.4) is 0 Å². The number of hydrogen-bond acceptors (Lipinski definition) is 6. The molecule has 0 unspecified atom stereocenters. The van der Waals surface area contributed by atoms with Crippen molar-refractivity contribution in [3.63, 3.8) is 0 Å². The molecule has 138 valence electrons. The van der Waals surface area contributed by atoms with Crippen LogP contribution in [-0.4, -0.2) is 72.6 Å². The molecule has 3 rings (SSSR count). The van der Waals surface area contributed by atoms with E-state index in [1.807, 2.05) is 29.2 Å². The molecule has 0 radical (unpaired) electrons. The highest BCUT2D eigenvalue weighted by Crippen LogP contribution is 2.12. The molecule has 1 saturated heterocycles. The van der Waals surface area contributed by atoms with Gasteiger partial charge in [-0.2, -0.15) is 0 Å². The van der Waals surface area contributed by atoms with Crippen molar-refractivity contribution >= 4 is 11.9 Å². The van der Waals surface area contributed by atoms with Gasteiger partial charge in [0.1, 0.15) is 5.75 Å². The molecule has 0 spiro atoms. The van der Waals surface area contributed by atoms with Gasteiger partial charge in [0.25, 0.3) is 5.91 Å². The van der Waals surface area contributed by atoms with Gasteiger partial charge in [-0.3, -0.25) is 4.79 Å². The number of amides is 1. The maximum absolute atomic E-state index is 12.5. The Kier molecular flexibility index (Phi) is 6.01. The standard InChI is InChI=1S/C19H25N5O2/c1-23-9-11-24(12-10-23)18(25)16-13-21-19(22-14-16)20-8-7-15-3-5-17(26-2)6-4-15/h3-6,13-14H,7-12H2,1-2H3,(H,20,21,22). The zero-order chi connectivity index (χ0) is 18.4. The van der Waals surface area contributed by atoms with Crippen molar-refractivity contribution < 1.29 is 9.53 Å². The van der Waals surface area contributed by atoms with Crippen LogP contribution in [0.4, 0.5) is 5.95 Å². The van der Waals surface area contributed by atoms with E-state index in [4.69, 9.17) is 4.74 Å². The first-order valence-corrected chi connectivity index (χ1v) is 8.82. The van der Waals surface area contributed by atoms with Gasteiger partial charge in [0.15, 0.2) is 0 Å². The van der Waals surface area contributed by atoms with Crippen molar-refractivity contribution in [2.45, 2.75) is 6.42 Å². The first-order valence-electron chi connectivity index (χ1n) is 8.82. The summed E-state index contributed by atoms with van der Waals surface area (Å²) in [7, 11) is 3.73. The molecule has 0 atom stereocenters. The number of aromatic nitrogens is 2. The summed E-state index contributed by atoms with van der Waals surface area (Å²) in [6.45, 7) is 4.02. The Balaban J connectivity index is 1.48. The highest BCUT2D eigenvalue weighted by Gasteiger charge is 2.20. The molecule has 2 heterocycles. The molecule has 1 aliphatic heterocycles. The smallest absolute Gasteiger partial charge is 0.257 e. The van der Waals surface area contributed by atoms with Gasteiger partial charge in [-0.15, -0.1) is 0 Å². The van der Waals surface area contributed by atoms with Crippen LogP contribution in [0.25, 0.3) is 0 Å². The molecule has 1 aromatic heterocycles. The first kappa shape index (κ1) is 18.1. The van der Waals surface area contributed by atoms with Gasteiger partial charge < -0.3 is 19.9 Å². The SMILES string of the molecule is COc1ccc(CCNc2ncc(C(=O)N3CCN(C)CC3)cn2)cc1. The number of carbonyl (C=O) groups is 1. The van der Waals surface area contributed by atoms with E-state index in [1.165, 1.54) is 5.56 Å². The minimum absolute atomic E-state index is 0.00267. The van der Waals surface area contributed by atoms with E-state index in [0.29, 0.717) is 11.5 Å². The van der Waals surface area contributed by atoms with E-state index in [2.05, 4.69) is 27.2 Å². The van der Waals surface area contributed by atoms with Gasteiger partial charge in [0, 0.05) is 45.1 Å². The lowest BCUT2D eigenvalue weighted by Crippen LogP contribution is -2.47. The van der Waals surface area contributed by atoms with Crippen LogP contribution in [0.2, 0.25) is 0 Å². The third-order valence-electron chi connectivity index (χ3n) is 4.55. The Bertz CT molecular complexity index is 710. The Labute approximate surface area is 154 Å². The second kappa shape index (κ2) is 8.62. The van der Waals surface area contributed by atoms with E-state index in [9.17, 15) is 4.79 Å².